The predicted octanol–water partition coefficient (Wildman–Crippen LogP) is 2.16. The molecule has 0 fully saturated rings. The van der Waals surface area contributed by atoms with E-state index in [0.717, 1.165) is 10.7 Å². The number of methoxy groups -OCH3 is 1. The lowest BCUT2D eigenvalue weighted by atomic mass is 10.4. The van der Waals surface area contributed by atoms with E-state index >= 15 is 0 Å². The van der Waals surface area contributed by atoms with Gasteiger partial charge in [-0.2, -0.15) is 0 Å². The highest BCUT2D eigenvalue weighted by molar-refractivity contribution is 7.09. The van der Waals surface area contributed by atoms with Crippen molar-refractivity contribution in [1.29, 1.82) is 0 Å². The highest BCUT2D eigenvalue weighted by Gasteiger charge is 2.06. The van der Waals surface area contributed by atoms with Gasteiger partial charge in [-0.25, -0.2) is 4.98 Å². The number of rotatable bonds is 2. The van der Waals surface area contributed by atoms with Crippen LogP contribution in [0.1, 0.15) is 23.7 Å². The van der Waals surface area contributed by atoms with E-state index in [1.807, 2.05) is 19.2 Å². The lowest BCUT2D eigenvalue weighted by molar-refractivity contribution is 0.119. The Kier molecular flexibility index (Phi) is 2.40. The Hall–Kier alpha value is -0.410. The van der Waals surface area contributed by atoms with Crippen LogP contribution in [-0.2, 0) is 4.74 Å². The zero-order chi connectivity index (χ0) is 7.56. The maximum absolute atomic E-state index is 5.10. The van der Waals surface area contributed by atoms with Gasteiger partial charge < -0.3 is 4.74 Å². The van der Waals surface area contributed by atoms with Crippen molar-refractivity contribution < 1.29 is 4.74 Å². The van der Waals surface area contributed by atoms with Crippen molar-refractivity contribution in [3.05, 3.63) is 16.1 Å². The van der Waals surface area contributed by atoms with Crippen molar-refractivity contribution in [2.75, 3.05) is 7.11 Å². The van der Waals surface area contributed by atoms with Gasteiger partial charge in [-0.05, 0) is 13.8 Å². The molecule has 56 valence electrons. The van der Waals surface area contributed by atoms with Crippen LogP contribution >= 0.6 is 11.3 Å². The molecule has 0 amide bonds. The average molecular weight is 157 g/mol. The molecular weight excluding hydrogens is 146 g/mol. The molecule has 1 aromatic rings. The molecule has 0 aliphatic carbocycles. The van der Waals surface area contributed by atoms with E-state index in [9.17, 15) is 0 Å². The molecule has 0 unspecified atom stereocenters. The smallest absolute Gasteiger partial charge is 0.121 e. The van der Waals surface area contributed by atoms with E-state index in [4.69, 9.17) is 4.74 Å². The maximum atomic E-state index is 5.10. The maximum Gasteiger partial charge on any atom is 0.121 e. The van der Waals surface area contributed by atoms with E-state index < -0.39 is 0 Å². The Morgan fingerprint density at radius 2 is 2.40 bits per heavy atom. The van der Waals surface area contributed by atoms with Crippen molar-refractivity contribution in [2.24, 2.45) is 0 Å². The molecule has 3 heteroatoms. The normalized spacial score (nSPS) is 13.5. The molecular formula is C7H11NOS. The van der Waals surface area contributed by atoms with Gasteiger partial charge in [0, 0.05) is 18.2 Å². The summed E-state index contributed by atoms with van der Waals surface area (Å²) in [4.78, 5) is 4.27. The fraction of sp³-hybridized carbons (Fsp3) is 0.571. The molecule has 1 atom stereocenters. The van der Waals surface area contributed by atoms with E-state index in [0.29, 0.717) is 0 Å². The van der Waals surface area contributed by atoms with Crippen LogP contribution in [0.3, 0.4) is 0 Å². The molecule has 0 saturated heterocycles. The van der Waals surface area contributed by atoms with Gasteiger partial charge in [0.2, 0.25) is 0 Å². The van der Waals surface area contributed by atoms with Gasteiger partial charge in [-0.1, -0.05) is 0 Å². The third kappa shape index (κ3) is 1.55. The van der Waals surface area contributed by atoms with Crippen molar-refractivity contribution in [3.8, 4) is 0 Å². The van der Waals surface area contributed by atoms with Crippen molar-refractivity contribution in [1.82, 2.24) is 4.98 Å². The molecule has 1 rings (SSSR count). The number of thiazole rings is 1. The number of hydrogen-bond acceptors (Lipinski definition) is 3. The molecule has 10 heavy (non-hydrogen) atoms. The number of aromatic nitrogens is 1. The van der Waals surface area contributed by atoms with Crippen molar-refractivity contribution >= 4 is 11.3 Å². The first kappa shape index (κ1) is 7.69. The van der Waals surface area contributed by atoms with Crippen LogP contribution in [0.2, 0.25) is 0 Å². The first-order chi connectivity index (χ1) is 4.74. The summed E-state index contributed by atoms with van der Waals surface area (Å²) in [6.07, 6.45) is 0.138. The lowest BCUT2D eigenvalue weighted by Crippen LogP contribution is -1.93. The summed E-state index contributed by atoms with van der Waals surface area (Å²) in [6.45, 7) is 3.99. The Balaban J connectivity index is 2.74. The minimum atomic E-state index is 0.138. The van der Waals surface area contributed by atoms with E-state index in [1.165, 1.54) is 0 Å². The highest BCUT2D eigenvalue weighted by Crippen LogP contribution is 2.19. The molecule has 0 saturated carbocycles. The molecule has 0 aliphatic heterocycles. The number of aryl methyl sites for hydroxylation is 1. The summed E-state index contributed by atoms with van der Waals surface area (Å²) in [5.74, 6) is 0. The van der Waals surface area contributed by atoms with Gasteiger partial charge >= 0.3 is 0 Å². The van der Waals surface area contributed by atoms with Crippen LogP contribution in [0.25, 0.3) is 0 Å². The van der Waals surface area contributed by atoms with Crippen LogP contribution in [0, 0.1) is 6.92 Å². The van der Waals surface area contributed by atoms with Gasteiger partial charge in [-0.3, -0.25) is 0 Å². The monoisotopic (exact) mass is 157 g/mol. The second-order valence-corrected chi connectivity index (χ2v) is 3.09. The quantitative estimate of drug-likeness (QED) is 0.656. The minimum Gasteiger partial charge on any atom is -0.375 e. The molecule has 0 aliphatic rings. The summed E-state index contributed by atoms with van der Waals surface area (Å²) in [5.41, 5.74) is 1.07. The number of nitrogens with zero attached hydrogens (tertiary/aromatic N) is 1. The van der Waals surface area contributed by atoms with E-state index in [2.05, 4.69) is 4.98 Å². The van der Waals surface area contributed by atoms with Crippen LogP contribution in [0.5, 0.6) is 0 Å². The first-order valence-electron chi connectivity index (χ1n) is 3.19. The van der Waals surface area contributed by atoms with Gasteiger partial charge in [0.05, 0.1) is 0 Å². The largest absolute Gasteiger partial charge is 0.375 e. The fourth-order valence-corrected chi connectivity index (χ4v) is 1.49. The zero-order valence-corrected chi connectivity index (χ0v) is 7.23. The van der Waals surface area contributed by atoms with Crippen molar-refractivity contribution in [3.63, 3.8) is 0 Å². The Morgan fingerprint density at radius 1 is 1.70 bits per heavy atom. The van der Waals surface area contributed by atoms with Crippen LogP contribution in [-0.4, -0.2) is 12.1 Å². The number of ether oxygens (including phenoxy) is 1. The second kappa shape index (κ2) is 3.12. The molecule has 1 heterocycles. The van der Waals surface area contributed by atoms with Gasteiger partial charge in [-0.15, -0.1) is 11.3 Å². The standard InChI is InChI=1S/C7H11NOS/c1-5-4-10-7(8-5)6(2)9-3/h4,6H,1-3H3/t6-/m1/s1. The third-order valence-corrected chi connectivity index (χ3v) is 2.46. The Labute approximate surface area is 64.9 Å². The first-order valence-corrected chi connectivity index (χ1v) is 4.07. The predicted molar refractivity (Wildman–Crippen MR) is 42.3 cm³/mol. The third-order valence-electron chi connectivity index (χ3n) is 1.34. The van der Waals surface area contributed by atoms with Crippen LogP contribution in [0.4, 0.5) is 0 Å². The molecule has 0 spiro atoms. The van der Waals surface area contributed by atoms with E-state index in [-0.39, 0.29) is 6.10 Å². The van der Waals surface area contributed by atoms with E-state index in [1.54, 1.807) is 18.4 Å². The minimum absolute atomic E-state index is 0.138. The van der Waals surface area contributed by atoms with Gasteiger partial charge in [0.15, 0.2) is 0 Å². The Morgan fingerprint density at radius 3 is 2.80 bits per heavy atom. The summed E-state index contributed by atoms with van der Waals surface area (Å²) < 4.78 is 5.10. The Bertz CT molecular complexity index is 209. The SMILES string of the molecule is CO[C@H](C)c1nc(C)cs1. The molecule has 0 aromatic carbocycles. The van der Waals surface area contributed by atoms with Crippen LogP contribution < -0.4 is 0 Å². The van der Waals surface area contributed by atoms with Crippen molar-refractivity contribution in [2.45, 2.75) is 20.0 Å². The zero-order valence-electron chi connectivity index (χ0n) is 6.42. The number of hydrogen-bond donors (Lipinski definition) is 0. The van der Waals surface area contributed by atoms with Gasteiger partial charge in [0.25, 0.3) is 0 Å². The van der Waals surface area contributed by atoms with Crippen LogP contribution in [0.15, 0.2) is 5.38 Å². The fourth-order valence-electron chi connectivity index (χ4n) is 0.660. The second-order valence-electron chi connectivity index (χ2n) is 2.21. The van der Waals surface area contributed by atoms with Gasteiger partial charge in [0.1, 0.15) is 11.1 Å². The highest BCUT2D eigenvalue weighted by atomic mass is 32.1. The molecule has 0 radical (unpaired) electrons. The summed E-state index contributed by atoms with van der Waals surface area (Å²) in [5, 5.41) is 3.09. The molecule has 2 nitrogen and oxygen atoms in total. The molecule has 0 N–H and O–H groups in total. The summed E-state index contributed by atoms with van der Waals surface area (Å²) in [6, 6.07) is 0. The molecule has 0 bridgehead atoms. The summed E-state index contributed by atoms with van der Waals surface area (Å²) >= 11 is 1.65. The topological polar surface area (TPSA) is 22.1 Å². The average Bonchev–Trinajstić information content (AvgIpc) is 2.34. The molecule has 1 aromatic heterocycles. The summed E-state index contributed by atoms with van der Waals surface area (Å²) in [7, 11) is 1.70. The lowest BCUT2D eigenvalue weighted by Gasteiger charge is -2.02.